The molecule has 0 unspecified atom stereocenters. The molecule has 0 aliphatic rings. The Labute approximate surface area is 95.1 Å². The molecule has 1 N–H and O–H groups in total. The Balaban J connectivity index is 2.62. The first-order valence-electron chi connectivity index (χ1n) is 4.76. The smallest absolute Gasteiger partial charge is 0.367 e. The molecule has 2 heterocycles. The summed E-state index contributed by atoms with van der Waals surface area (Å²) in [5, 5.41) is 0.251. The SMILES string of the molecule is CCc1cc2nc(C(=O)OC)sc2[nH]c1=O. The number of pyridine rings is 1. The van der Waals surface area contributed by atoms with Crippen molar-refractivity contribution in [2.75, 3.05) is 7.11 Å². The number of thiazole rings is 1. The quantitative estimate of drug-likeness (QED) is 0.801. The van der Waals surface area contributed by atoms with Crippen LogP contribution in [-0.2, 0) is 11.2 Å². The molecule has 6 heteroatoms. The molecule has 2 rings (SSSR count). The molecule has 0 aliphatic carbocycles. The van der Waals surface area contributed by atoms with E-state index in [9.17, 15) is 9.59 Å². The molecule has 0 bridgehead atoms. The van der Waals surface area contributed by atoms with Crippen molar-refractivity contribution < 1.29 is 9.53 Å². The van der Waals surface area contributed by atoms with Crippen molar-refractivity contribution in [3.63, 3.8) is 0 Å². The highest BCUT2D eigenvalue weighted by Gasteiger charge is 2.13. The fraction of sp³-hybridized carbons (Fsp3) is 0.300. The lowest BCUT2D eigenvalue weighted by Gasteiger charge is -1.93. The third-order valence-corrected chi connectivity index (χ3v) is 3.19. The summed E-state index contributed by atoms with van der Waals surface area (Å²) in [6, 6.07) is 1.71. The zero-order valence-corrected chi connectivity index (χ0v) is 9.68. The van der Waals surface area contributed by atoms with Gasteiger partial charge in [0.2, 0.25) is 5.01 Å². The number of aryl methyl sites for hydroxylation is 1. The predicted molar refractivity (Wildman–Crippen MR) is 61.0 cm³/mol. The third-order valence-electron chi connectivity index (χ3n) is 2.22. The van der Waals surface area contributed by atoms with Crippen LogP contribution in [0.3, 0.4) is 0 Å². The minimum absolute atomic E-state index is 0.130. The summed E-state index contributed by atoms with van der Waals surface area (Å²) < 4.78 is 4.57. The number of aromatic nitrogens is 2. The van der Waals surface area contributed by atoms with Gasteiger partial charge in [0.05, 0.1) is 12.6 Å². The summed E-state index contributed by atoms with van der Waals surface area (Å²) in [6.45, 7) is 1.89. The van der Waals surface area contributed by atoms with Gasteiger partial charge in [-0.05, 0) is 12.5 Å². The van der Waals surface area contributed by atoms with Gasteiger partial charge < -0.3 is 9.72 Å². The lowest BCUT2D eigenvalue weighted by Crippen LogP contribution is -2.10. The maximum atomic E-state index is 11.5. The lowest BCUT2D eigenvalue weighted by atomic mass is 10.2. The molecule has 0 atom stereocenters. The van der Waals surface area contributed by atoms with E-state index >= 15 is 0 Å². The number of carbonyl (C=O) groups excluding carboxylic acids is 1. The summed E-state index contributed by atoms with van der Waals surface area (Å²) >= 11 is 1.12. The Morgan fingerprint density at radius 3 is 3.00 bits per heavy atom. The number of fused-ring (bicyclic) bond motifs is 1. The minimum atomic E-state index is -0.486. The molecule has 0 saturated carbocycles. The molecule has 0 amide bonds. The molecular formula is C10H10N2O3S. The highest BCUT2D eigenvalue weighted by molar-refractivity contribution is 7.19. The summed E-state index contributed by atoms with van der Waals surface area (Å²) in [4.78, 5) is 30.2. The first-order valence-corrected chi connectivity index (χ1v) is 5.58. The average molecular weight is 238 g/mol. The maximum Gasteiger partial charge on any atom is 0.367 e. The number of nitrogens with one attached hydrogen (secondary N) is 1. The van der Waals surface area contributed by atoms with Crippen molar-refractivity contribution in [3.05, 3.63) is 27.0 Å². The van der Waals surface area contributed by atoms with E-state index in [1.165, 1.54) is 7.11 Å². The van der Waals surface area contributed by atoms with Crippen LogP contribution in [-0.4, -0.2) is 23.0 Å². The molecule has 16 heavy (non-hydrogen) atoms. The van der Waals surface area contributed by atoms with Gasteiger partial charge >= 0.3 is 5.97 Å². The summed E-state index contributed by atoms with van der Waals surface area (Å²) in [5.41, 5.74) is 1.16. The fourth-order valence-corrected chi connectivity index (χ4v) is 2.23. The van der Waals surface area contributed by atoms with Crippen LogP contribution in [0.4, 0.5) is 0 Å². The normalized spacial score (nSPS) is 10.6. The highest BCUT2D eigenvalue weighted by Crippen LogP contribution is 2.19. The van der Waals surface area contributed by atoms with Gasteiger partial charge in [0.15, 0.2) is 0 Å². The van der Waals surface area contributed by atoms with Gasteiger partial charge in [-0.3, -0.25) is 4.79 Å². The van der Waals surface area contributed by atoms with Crippen molar-refractivity contribution in [1.82, 2.24) is 9.97 Å². The number of nitrogens with zero attached hydrogens (tertiary/aromatic N) is 1. The van der Waals surface area contributed by atoms with Crippen LogP contribution in [0.5, 0.6) is 0 Å². The van der Waals surface area contributed by atoms with Gasteiger partial charge in [-0.15, -0.1) is 0 Å². The Bertz CT molecular complexity index is 600. The molecule has 0 fully saturated rings. The Kier molecular flexibility index (Phi) is 2.74. The number of aromatic amines is 1. The van der Waals surface area contributed by atoms with Crippen molar-refractivity contribution >= 4 is 27.7 Å². The summed E-state index contributed by atoms with van der Waals surface area (Å²) in [7, 11) is 1.30. The van der Waals surface area contributed by atoms with Crippen LogP contribution < -0.4 is 5.56 Å². The zero-order valence-electron chi connectivity index (χ0n) is 8.86. The van der Waals surface area contributed by atoms with Crippen LogP contribution in [0, 0.1) is 0 Å². The fourth-order valence-electron chi connectivity index (χ4n) is 1.37. The number of hydrogen-bond acceptors (Lipinski definition) is 5. The number of H-pyrrole nitrogens is 1. The van der Waals surface area contributed by atoms with Crippen LogP contribution in [0.2, 0.25) is 0 Å². The van der Waals surface area contributed by atoms with Crippen molar-refractivity contribution in [1.29, 1.82) is 0 Å². The second kappa shape index (κ2) is 4.05. The molecule has 84 valence electrons. The summed E-state index contributed by atoms with van der Waals surface area (Å²) in [6.07, 6.45) is 0.635. The van der Waals surface area contributed by atoms with Crippen LogP contribution >= 0.6 is 11.3 Å². The number of rotatable bonds is 2. The number of esters is 1. The molecule has 2 aromatic rings. The number of hydrogen-bond donors (Lipinski definition) is 1. The predicted octanol–water partition coefficient (Wildman–Crippen LogP) is 1.33. The first-order chi connectivity index (χ1) is 7.65. The van der Waals surface area contributed by atoms with E-state index in [-0.39, 0.29) is 10.6 Å². The van der Waals surface area contributed by atoms with Crippen molar-refractivity contribution in [2.45, 2.75) is 13.3 Å². The van der Waals surface area contributed by atoms with Gasteiger partial charge in [-0.1, -0.05) is 18.3 Å². The van der Waals surface area contributed by atoms with E-state index in [2.05, 4.69) is 14.7 Å². The second-order valence-corrected chi connectivity index (χ2v) is 4.20. The van der Waals surface area contributed by atoms with Crippen LogP contribution in [0.25, 0.3) is 10.3 Å². The third kappa shape index (κ3) is 1.71. The largest absolute Gasteiger partial charge is 0.464 e. The molecule has 0 aliphatic heterocycles. The number of carbonyl (C=O) groups is 1. The van der Waals surface area contributed by atoms with Gasteiger partial charge in [0, 0.05) is 5.56 Å². The minimum Gasteiger partial charge on any atom is -0.464 e. The zero-order chi connectivity index (χ0) is 11.7. The molecular weight excluding hydrogens is 228 g/mol. The highest BCUT2D eigenvalue weighted by atomic mass is 32.1. The standard InChI is InChI=1S/C10H10N2O3S/c1-3-5-4-6-8(12-7(5)13)16-9(11-6)10(14)15-2/h4H,3H2,1-2H3,(H,12,13). The van der Waals surface area contributed by atoms with E-state index in [4.69, 9.17) is 0 Å². The molecule has 5 nitrogen and oxygen atoms in total. The Hall–Kier alpha value is -1.69. The van der Waals surface area contributed by atoms with Gasteiger partial charge in [0.1, 0.15) is 4.83 Å². The lowest BCUT2D eigenvalue weighted by molar-refractivity contribution is 0.0600. The van der Waals surface area contributed by atoms with Crippen molar-refractivity contribution in [3.8, 4) is 0 Å². The van der Waals surface area contributed by atoms with E-state index in [0.717, 1.165) is 11.3 Å². The molecule has 2 aromatic heterocycles. The number of ether oxygens (including phenoxy) is 1. The summed E-state index contributed by atoms with van der Waals surface area (Å²) in [5.74, 6) is -0.486. The van der Waals surface area contributed by atoms with E-state index in [0.29, 0.717) is 22.3 Å². The molecule has 0 spiro atoms. The Morgan fingerprint density at radius 1 is 1.62 bits per heavy atom. The van der Waals surface area contributed by atoms with E-state index in [1.54, 1.807) is 6.07 Å². The molecule has 0 radical (unpaired) electrons. The van der Waals surface area contributed by atoms with Gasteiger partial charge in [-0.2, -0.15) is 0 Å². The topological polar surface area (TPSA) is 72.0 Å². The van der Waals surface area contributed by atoms with E-state index < -0.39 is 5.97 Å². The van der Waals surface area contributed by atoms with E-state index in [1.807, 2.05) is 6.92 Å². The van der Waals surface area contributed by atoms with Crippen molar-refractivity contribution in [2.24, 2.45) is 0 Å². The Morgan fingerprint density at radius 2 is 2.38 bits per heavy atom. The first kappa shape index (κ1) is 10.8. The number of methoxy groups -OCH3 is 1. The molecule has 0 saturated heterocycles. The van der Waals surface area contributed by atoms with Gasteiger partial charge in [-0.25, -0.2) is 9.78 Å². The monoisotopic (exact) mass is 238 g/mol. The molecule has 0 aromatic carbocycles. The van der Waals surface area contributed by atoms with Crippen LogP contribution in [0.15, 0.2) is 10.9 Å². The average Bonchev–Trinajstić information content (AvgIpc) is 2.69. The maximum absolute atomic E-state index is 11.5. The second-order valence-electron chi connectivity index (χ2n) is 3.20. The van der Waals surface area contributed by atoms with Crippen LogP contribution in [0.1, 0.15) is 22.3 Å². The van der Waals surface area contributed by atoms with Gasteiger partial charge in [0.25, 0.3) is 5.56 Å².